The summed E-state index contributed by atoms with van der Waals surface area (Å²) in [4.78, 5) is 39.6. The van der Waals surface area contributed by atoms with Gasteiger partial charge in [0.15, 0.2) is 5.82 Å². The predicted octanol–water partition coefficient (Wildman–Crippen LogP) is 5.51. The van der Waals surface area contributed by atoms with Crippen molar-refractivity contribution in [1.82, 2.24) is 9.78 Å². The first-order chi connectivity index (χ1) is 17.2. The molecule has 4 aromatic rings. The minimum Gasteiger partial charge on any atom is -0.488 e. The molecule has 4 rings (SSSR count). The number of carbonyl (C=O) groups is 3. The number of benzene rings is 3. The zero-order chi connectivity index (χ0) is 25.9. The number of fused-ring (bicyclic) bond motifs is 1. The van der Waals surface area contributed by atoms with Crippen LogP contribution in [-0.2, 0) is 16.1 Å². The Labute approximate surface area is 209 Å². The van der Waals surface area contributed by atoms with Crippen LogP contribution in [0, 0.1) is 6.92 Å². The standard InChI is InChI=1S/C28H27N3O5/c1-19-11-8-9-14-21(19)26(33)30(18-32)25-24-22(31(29-25)27(34)36-28(2,3)4)15-10-16-23(24)35-17-20-12-6-5-7-13-20/h5-16,18H,17H2,1-4H3. The Kier molecular flexibility index (Phi) is 6.87. The average molecular weight is 486 g/mol. The number of nitrogens with zero attached hydrogens (tertiary/aromatic N) is 3. The lowest BCUT2D eigenvalue weighted by molar-refractivity contribution is -0.107. The Bertz CT molecular complexity index is 1420. The highest BCUT2D eigenvalue weighted by molar-refractivity contribution is 6.19. The Balaban J connectivity index is 1.86. The molecule has 0 spiro atoms. The van der Waals surface area contributed by atoms with Gasteiger partial charge < -0.3 is 9.47 Å². The van der Waals surface area contributed by atoms with E-state index in [0.29, 0.717) is 34.2 Å². The summed E-state index contributed by atoms with van der Waals surface area (Å²) in [5.74, 6) is -0.231. The molecule has 184 valence electrons. The molecule has 8 nitrogen and oxygen atoms in total. The number of hydrogen-bond donors (Lipinski definition) is 0. The van der Waals surface area contributed by atoms with Crippen LogP contribution in [0.5, 0.6) is 5.75 Å². The van der Waals surface area contributed by atoms with Gasteiger partial charge in [-0.15, -0.1) is 5.10 Å². The van der Waals surface area contributed by atoms with E-state index in [9.17, 15) is 14.4 Å². The number of aryl methyl sites for hydroxylation is 1. The molecule has 0 atom stereocenters. The van der Waals surface area contributed by atoms with Crippen LogP contribution in [-0.4, -0.2) is 33.8 Å². The number of anilines is 1. The van der Waals surface area contributed by atoms with E-state index in [1.807, 2.05) is 30.3 Å². The minimum absolute atomic E-state index is 0.0252. The molecule has 2 amide bonds. The van der Waals surface area contributed by atoms with Crippen LogP contribution in [0.25, 0.3) is 10.9 Å². The van der Waals surface area contributed by atoms with Crippen molar-refractivity contribution in [3.63, 3.8) is 0 Å². The van der Waals surface area contributed by atoms with Gasteiger partial charge in [0, 0.05) is 5.56 Å². The molecule has 8 heteroatoms. The zero-order valence-electron chi connectivity index (χ0n) is 20.6. The monoisotopic (exact) mass is 485 g/mol. The van der Waals surface area contributed by atoms with Crippen LogP contribution in [0.2, 0.25) is 0 Å². The van der Waals surface area contributed by atoms with E-state index < -0.39 is 17.6 Å². The lowest BCUT2D eigenvalue weighted by Crippen LogP contribution is -2.31. The number of amides is 2. The molecule has 36 heavy (non-hydrogen) atoms. The summed E-state index contributed by atoms with van der Waals surface area (Å²) < 4.78 is 12.7. The normalized spacial score (nSPS) is 11.2. The summed E-state index contributed by atoms with van der Waals surface area (Å²) in [6, 6.07) is 21.6. The van der Waals surface area contributed by atoms with Crippen LogP contribution >= 0.6 is 0 Å². The number of hydrogen-bond acceptors (Lipinski definition) is 6. The molecule has 0 aliphatic carbocycles. The molecule has 0 unspecified atom stereocenters. The van der Waals surface area contributed by atoms with Gasteiger partial charge in [0.05, 0.1) is 10.9 Å². The van der Waals surface area contributed by atoms with Gasteiger partial charge in [-0.25, -0.2) is 9.69 Å². The van der Waals surface area contributed by atoms with Crippen LogP contribution in [0.1, 0.15) is 42.3 Å². The number of carbonyl (C=O) groups excluding carboxylic acids is 3. The van der Waals surface area contributed by atoms with Gasteiger partial charge >= 0.3 is 6.09 Å². The molecule has 0 saturated heterocycles. The molecule has 0 aliphatic rings. The highest BCUT2D eigenvalue weighted by atomic mass is 16.6. The number of rotatable bonds is 6. The van der Waals surface area contributed by atoms with E-state index in [1.165, 1.54) is 0 Å². The molecule has 0 N–H and O–H groups in total. The fourth-order valence-electron chi connectivity index (χ4n) is 3.72. The SMILES string of the molecule is Cc1ccccc1C(=O)N(C=O)c1nn(C(=O)OC(C)(C)C)c2cccc(OCc3ccccc3)c12. The van der Waals surface area contributed by atoms with Crippen LogP contribution in [0.15, 0.2) is 72.8 Å². The van der Waals surface area contributed by atoms with Crippen LogP contribution in [0.3, 0.4) is 0 Å². The maximum Gasteiger partial charge on any atom is 0.435 e. The summed E-state index contributed by atoms with van der Waals surface area (Å²) in [5.41, 5.74) is 1.53. The summed E-state index contributed by atoms with van der Waals surface area (Å²) in [6.45, 7) is 7.24. The van der Waals surface area contributed by atoms with Gasteiger partial charge in [0.1, 0.15) is 18.0 Å². The minimum atomic E-state index is -0.780. The zero-order valence-corrected chi connectivity index (χ0v) is 20.6. The fourth-order valence-corrected chi connectivity index (χ4v) is 3.72. The van der Waals surface area contributed by atoms with Crippen molar-refractivity contribution in [3.8, 4) is 5.75 Å². The Morgan fingerprint density at radius 3 is 2.33 bits per heavy atom. The molecule has 1 heterocycles. The largest absolute Gasteiger partial charge is 0.488 e. The second kappa shape index (κ2) is 10.0. The van der Waals surface area contributed by atoms with Crippen molar-refractivity contribution in [1.29, 1.82) is 0 Å². The van der Waals surface area contributed by atoms with E-state index in [1.54, 1.807) is 70.2 Å². The maximum atomic E-state index is 13.4. The lowest BCUT2D eigenvalue weighted by atomic mass is 10.1. The molecule has 0 radical (unpaired) electrons. The first kappa shape index (κ1) is 24.7. The topological polar surface area (TPSA) is 90.7 Å². The third-order valence-electron chi connectivity index (χ3n) is 5.38. The van der Waals surface area contributed by atoms with Gasteiger partial charge in [-0.1, -0.05) is 54.6 Å². The first-order valence-electron chi connectivity index (χ1n) is 11.5. The first-order valence-corrected chi connectivity index (χ1v) is 11.5. The molecule has 0 saturated carbocycles. The molecular formula is C28H27N3O5. The van der Waals surface area contributed by atoms with Crippen molar-refractivity contribution in [3.05, 3.63) is 89.5 Å². The molecule has 1 aromatic heterocycles. The maximum absolute atomic E-state index is 13.4. The van der Waals surface area contributed by atoms with E-state index in [2.05, 4.69) is 5.10 Å². The van der Waals surface area contributed by atoms with Gasteiger partial charge in [0.25, 0.3) is 5.91 Å². The highest BCUT2D eigenvalue weighted by Gasteiger charge is 2.29. The number of imide groups is 1. The molecular weight excluding hydrogens is 458 g/mol. The van der Waals surface area contributed by atoms with Crippen molar-refractivity contribution >= 4 is 35.1 Å². The lowest BCUT2D eigenvalue weighted by Gasteiger charge is -2.19. The number of aromatic nitrogens is 2. The molecule has 0 aliphatic heterocycles. The fraction of sp³-hybridized carbons (Fsp3) is 0.214. The van der Waals surface area contributed by atoms with E-state index in [4.69, 9.17) is 9.47 Å². The van der Waals surface area contributed by atoms with Gasteiger partial charge in [0.2, 0.25) is 6.41 Å². The second-order valence-corrected chi connectivity index (χ2v) is 9.24. The summed E-state index contributed by atoms with van der Waals surface area (Å²) in [6.07, 6.45) is -0.350. The molecule has 0 bridgehead atoms. The second-order valence-electron chi connectivity index (χ2n) is 9.24. The van der Waals surface area contributed by atoms with Gasteiger partial charge in [-0.3, -0.25) is 9.59 Å². The quantitative estimate of drug-likeness (QED) is 0.335. The summed E-state index contributed by atoms with van der Waals surface area (Å²) in [7, 11) is 0. The van der Waals surface area contributed by atoms with Crippen molar-refractivity contribution in [2.45, 2.75) is 39.9 Å². The Morgan fingerprint density at radius 1 is 0.972 bits per heavy atom. The van der Waals surface area contributed by atoms with Gasteiger partial charge in [-0.05, 0) is 57.0 Å². The smallest absolute Gasteiger partial charge is 0.435 e. The summed E-state index contributed by atoms with van der Waals surface area (Å²) >= 11 is 0. The van der Waals surface area contributed by atoms with Crippen molar-refractivity contribution in [2.75, 3.05) is 4.90 Å². The van der Waals surface area contributed by atoms with E-state index in [0.717, 1.165) is 15.1 Å². The third-order valence-corrected chi connectivity index (χ3v) is 5.38. The Morgan fingerprint density at radius 2 is 1.67 bits per heavy atom. The third kappa shape index (κ3) is 5.12. The van der Waals surface area contributed by atoms with Gasteiger partial charge in [-0.2, -0.15) is 4.68 Å². The van der Waals surface area contributed by atoms with E-state index in [-0.39, 0.29) is 12.4 Å². The Hall–Kier alpha value is -4.46. The average Bonchev–Trinajstić information content (AvgIpc) is 3.23. The van der Waals surface area contributed by atoms with E-state index >= 15 is 0 Å². The van der Waals surface area contributed by atoms with Crippen LogP contribution in [0.4, 0.5) is 10.6 Å². The highest BCUT2D eigenvalue weighted by Crippen LogP contribution is 2.35. The predicted molar refractivity (Wildman–Crippen MR) is 136 cm³/mol. The molecule has 0 fully saturated rings. The van der Waals surface area contributed by atoms with Crippen molar-refractivity contribution < 1.29 is 23.9 Å². The van der Waals surface area contributed by atoms with Crippen molar-refractivity contribution in [2.24, 2.45) is 0 Å². The summed E-state index contributed by atoms with van der Waals surface area (Å²) in [5, 5.41) is 4.71. The molecule has 3 aromatic carbocycles. The van der Waals surface area contributed by atoms with Crippen LogP contribution < -0.4 is 9.64 Å². The number of ether oxygens (including phenoxy) is 2.